The van der Waals surface area contributed by atoms with Gasteiger partial charge in [-0.15, -0.1) is 0 Å². The summed E-state index contributed by atoms with van der Waals surface area (Å²) >= 11 is 0. The number of aromatic amines is 1. The Kier molecular flexibility index (Phi) is 4.41. The van der Waals surface area contributed by atoms with Gasteiger partial charge in [-0.3, -0.25) is 4.79 Å². The Morgan fingerprint density at radius 1 is 1.32 bits per heavy atom. The van der Waals surface area contributed by atoms with E-state index in [-0.39, 0.29) is 16.7 Å². The molecule has 0 radical (unpaired) electrons. The first-order chi connectivity index (χ1) is 11.7. The number of nitrogens with one attached hydrogen (secondary N) is 2. The molecule has 1 aromatic heterocycles. The fourth-order valence-electron chi connectivity index (χ4n) is 2.55. The molecule has 0 saturated carbocycles. The molecule has 2 aromatic rings. The molecule has 0 spiro atoms. The van der Waals surface area contributed by atoms with Gasteiger partial charge >= 0.3 is 6.18 Å². The van der Waals surface area contributed by atoms with Gasteiger partial charge in [-0.05, 0) is 18.2 Å². The lowest BCUT2D eigenvalue weighted by atomic mass is 10.1. The molecule has 136 valence electrons. The molecule has 8 nitrogen and oxygen atoms in total. The number of aromatic nitrogens is 2. The number of aliphatic hydroxyl groups is 3. The molecule has 1 aliphatic heterocycles. The van der Waals surface area contributed by atoms with Gasteiger partial charge in [-0.2, -0.15) is 13.2 Å². The molecule has 2 heterocycles. The molecule has 1 aromatic carbocycles. The predicted molar refractivity (Wildman–Crippen MR) is 77.5 cm³/mol. The highest BCUT2D eigenvalue weighted by Crippen LogP contribution is 2.29. The minimum atomic E-state index is -4.63. The summed E-state index contributed by atoms with van der Waals surface area (Å²) in [5.74, 6) is -1.97. The molecule has 1 aliphatic rings. The zero-order valence-electron chi connectivity index (χ0n) is 12.5. The number of hydrogen-bond acceptors (Lipinski definition) is 6. The second kappa shape index (κ2) is 6.26. The molecule has 0 unspecified atom stereocenters. The van der Waals surface area contributed by atoms with Crippen LogP contribution in [0.15, 0.2) is 18.2 Å². The van der Waals surface area contributed by atoms with Crippen molar-refractivity contribution in [2.75, 3.05) is 11.9 Å². The lowest BCUT2D eigenvalue weighted by molar-refractivity contribution is -0.144. The Hall–Kier alpha value is -2.21. The van der Waals surface area contributed by atoms with Gasteiger partial charge in [0.1, 0.15) is 18.3 Å². The molecular weight excluding hydrogens is 347 g/mol. The van der Waals surface area contributed by atoms with Gasteiger partial charge in [0.25, 0.3) is 5.91 Å². The van der Waals surface area contributed by atoms with Crippen LogP contribution in [0.4, 0.5) is 18.9 Å². The van der Waals surface area contributed by atoms with E-state index in [0.717, 1.165) is 0 Å². The number of H-pyrrole nitrogens is 1. The molecule has 11 heteroatoms. The van der Waals surface area contributed by atoms with Crippen LogP contribution in [0.25, 0.3) is 11.0 Å². The van der Waals surface area contributed by atoms with Crippen LogP contribution in [0.3, 0.4) is 0 Å². The SMILES string of the molecule is O=C(Nc1ccc2nc(C(F)(F)F)[nH]c2c1)[C@@H]1O[C@H](CO)[C@@H](O)[C@H]1O. The topological polar surface area (TPSA) is 128 Å². The highest BCUT2D eigenvalue weighted by atomic mass is 19.4. The zero-order chi connectivity index (χ0) is 18.4. The van der Waals surface area contributed by atoms with Crippen molar-refractivity contribution in [3.63, 3.8) is 0 Å². The van der Waals surface area contributed by atoms with Crippen LogP contribution in [-0.2, 0) is 15.7 Å². The minimum Gasteiger partial charge on any atom is -0.394 e. The first-order valence-electron chi connectivity index (χ1n) is 7.21. The van der Waals surface area contributed by atoms with E-state index >= 15 is 0 Å². The van der Waals surface area contributed by atoms with Crippen molar-refractivity contribution in [1.29, 1.82) is 0 Å². The Labute approximate surface area is 138 Å². The molecule has 0 bridgehead atoms. The van der Waals surface area contributed by atoms with Crippen LogP contribution < -0.4 is 5.32 Å². The minimum absolute atomic E-state index is 0.0614. The number of carbonyl (C=O) groups is 1. The third-order valence-electron chi connectivity index (χ3n) is 3.82. The van der Waals surface area contributed by atoms with Gasteiger partial charge in [-0.1, -0.05) is 0 Å². The number of imidazole rings is 1. The second-order valence-corrected chi connectivity index (χ2v) is 5.56. The van der Waals surface area contributed by atoms with Crippen molar-refractivity contribution in [3.05, 3.63) is 24.0 Å². The number of amides is 1. The molecule has 1 saturated heterocycles. The van der Waals surface area contributed by atoms with E-state index in [0.29, 0.717) is 0 Å². The fourth-order valence-corrected chi connectivity index (χ4v) is 2.55. The largest absolute Gasteiger partial charge is 0.449 e. The number of rotatable bonds is 3. The average Bonchev–Trinajstić information content (AvgIpc) is 3.09. The summed E-state index contributed by atoms with van der Waals surface area (Å²) in [5.41, 5.74) is 0.275. The van der Waals surface area contributed by atoms with Crippen molar-refractivity contribution in [1.82, 2.24) is 9.97 Å². The summed E-state index contributed by atoms with van der Waals surface area (Å²) in [5, 5.41) is 30.8. The Morgan fingerprint density at radius 2 is 2.04 bits per heavy atom. The average molecular weight is 361 g/mol. The molecule has 5 N–H and O–H groups in total. The lowest BCUT2D eigenvalue weighted by Crippen LogP contribution is -2.39. The number of aliphatic hydroxyl groups excluding tert-OH is 3. The maximum Gasteiger partial charge on any atom is 0.449 e. The molecule has 0 aliphatic carbocycles. The van der Waals surface area contributed by atoms with Crippen molar-refractivity contribution in [2.24, 2.45) is 0 Å². The van der Waals surface area contributed by atoms with Crippen molar-refractivity contribution in [3.8, 4) is 0 Å². The number of carbonyl (C=O) groups excluding carboxylic acids is 1. The van der Waals surface area contributed by atoms with Gasteiger partial charge in [0.05, 0.1) is 17.6 Å². The van der Waals surface area contributed by atoms with Crippen molar-refractivity contribution < 1.29 is 38.0 Å². The molecular formula is C14H14F3N3O5. The first kappa shape index (κ1) is 17.6. The molecule has 25 heavy (non-hydrogen) atoms. The number of nitrogens with zero attached hydrogens (tertiary/aromatic N) is 1. The number of halogens is 3. The second-order valence-electron chi connectivity index (χ2n) is 5.56. The summed E-state index contributed by atoms with van der Waals surface area (Å²) in [6.45, 7) is -0.581. The van der Waals surface area contributed by atoms with Gasteiger partial charge in [0.15, 0.2) is 6.10 Å². The number of ether oxygens (including phenoxy) is 1. The highest BCUT2D eigenvalue weighted by Gasteiger charge is 2.46. The third kappa shape index (κ3) is 3.31. The number of fused-ring (bicyclic) bond motifs is 1. The van der Waals surface area contributed by atoms with Crippen LogP contribution in [0.1, 0.15) is 5.82 Å². The van der Waals surface area contributed by atoms with Gasteiger partial charge in [0.2, 0.25) is 5.82 Å². The highest BCUT2D eigenvalue weighted by molar-refractivity contribution is 5.96. The number of alkyl halides is 3. The van der Waals surface area contributed by atoms with Crippen LogP contribution in [0.5, 0.6) is 0 Å². The monoisotopic (exact) mass is 361 g/mol. The summed E-state index contributed by atoms with van der Waals surface area (Å²) in [6.07, 6.45) is -10.1. The summed E-state index contributed by atoms with van der Waals surface area (Å²) in [7, 11) is 0. The van der Waals surface area contributed by atoms with E-state index in [4.69, 9.17) is 9.84 Å². The first-order valence-corrected chi connectivity index (χ1v) is 7.21. The lowest BCUT2D eigenvalue weighted by Gasteiger charge is -2.14. The van der Waals surface area contributed by atoms with E-state index in [1.807, 2.05) is 0 Å². The van der Waals surface area contributed by atoms with Crippen molar-refractivity contribution >= 4 is 22.6 Å². The number of anilines is 1. The standard InChI is InChI=1S/C14H14F3N3O5/c15-14(16,17)13-19-6-2-1-5(3-7(6)20-13)18-12(24)11-10(23)9(22)8(4-21)25-11/h1-3,8-11,21-23H,4H2,(H,18,24)(H,19,20)/t8-,9-,10-,11-/m1/s1. The maximum atomic E-state index is 12.6. The molecule has 1 amide bonds. The van der Waals surface area contributed by atoms with E-state index < -0.39 is 48.9 Å². The van der Waals surface area contributed by atoms with Crippen LogP contribution in [0, 0.1) is 0 Å². The van der Waals surface area contributed by atoms with Crippen LogP contribution >= 0.6 is 0 Å². The van der Waals surface area contributed by atoms with Gasteiger partial charge < -0.3 is 30.4 Å². The molecule has 4 atom stereocenters. The molecule has 1 fully saturated rings. The zero-order valence-corrected chi connectivity index (χ0v) is 12.5. The number of benzene rings is 1. The maximum absolute atomic E-state index is 12.6. The Balaban J connectivity index is 1.77. The summed E-state index contributed by atoms with van der Waals surface area (Å²) in [4.78, 5) is 17.7. The van der Waals surface area contributed by atoms with Crippen LogP contribution in [-0.4, -0.2) is 62.2 Å². The third-order valence-corrected chi connectivity index (χ3v) is 3.82. The predicted octanol–water partition coefficient (Wildman–Crippen LogP) is 0.00170. The van der Waals surface area contributed by atoms with Crippen molar-refractivity contribution in [2.45, 2.75) is 30.6 Å². The summed E-state index contributed by atoms with van der Waals surface area (Å²) < 4.78 is 43.0. The van der Waals surface area contributed by atoms with E-state index in [9.17, 15) is 28.2 Å². The normalized spacial score (nSPS) is 27.0. The van der Waals surface area contributed by atoms with E-state index in [1.54, 1.807) is 0 Å². The van der Waals surface area contributed by atoms with Gasteiger partial charge in [0, 0.05) is 5.69 Å². The number of hydrogen-bond donors (Lipinski definition) is 5. The summed E-state index contributed by atoms with van der Waals surface area (Å²) in [6, 6.07) is 3.87. The fraction of sp³-hybridized carbons (Fsp3) is 0.429. The Morgan fingerprint density at radius 3 is 2.64 bits per heavy atom. The van der Waals surface area contributed by atoms with E-state index in [2.05, 4.69) is 15.3 Å². The Bertz CT molecular complexity index is 794. The van der Waals surface area contributed by atoms with Crippen LogP contribution in [0.2, 0.25) is 0 Å². The molecule has 3 rings (SSSR count). The quantitative estimate of drug-likeness (QED) is 0.524. The smallest absolute Gasteiger partial charge is 0.394 e. The van der Waals surface area contributed by atoms with E-state index in [1.165, 1.54) is 18.2 Å². The van der Waals surface area contributed by atoms with Gasteiger partial charge in [-0.25, -0.2) is 4.98 Å².